The molecular weight excluding hydrogens is 272 g/mol. The zero-order valence-corrected chi connectivity index (χ0v) is 12.2. The molecule has 0 aliphatic heterocycles. The fraction of sp³-hybridized carbons (Fsp3) is 0.500. The van der Waals surface area contributed by atoms with Crippen molar-refractivity contribution < 1.29 is 0 Å². The summed E-state index contributed by atoms with van der Waals surface area (Å²) < 4.78 is 1.27. The summed E-state index contributed by atoms with van der Waals surface area (Å²) in [6, 6.07) is 4.51. The third-order valence-electron chi connectivity index (χ3n) is 3.55. The Morgan fingerprint density at radius 3 is 2.76 bits per heavy atom. The third kappa shape index (κ3) is 3.22. The number of unbranched alkanes of at least 4 members (excludes halogenated alkanes) is 4. The van der Waals surface area contributed by atoms with Crippen LogP contribution in [0, 0.1) is 0 Å². The molecule has 0 amide bonds. The van der Waals surface area contributed by atoms with Gasteiger partial charge in [0.15, 0.2) is 0 Å². The predicted octanol–water partition coefficient (Wildman–Crippen LogP) is 5.53. The standard InChI is InChI=1S/C16H21Br/c1-2-3-4-5-6-8-13-11-12-16(17)15-10-7-9-14(13)15/h7,9,11-12H,2-6,8,10H2,1H3. The van der Waals surface area contributed by atoms with Gasteiger partial charge in [0.2, 0.25) is 0 Å². The fourth-order valence-electron chi connectivity index (χ4n) is 2.53. The van der Waals surface area contributed by atoms with Crippen LogP contribution >= 0.6 is 15.9 Å². The topological polar surface area (TPSA) is 0 Å². The maximum Gasteiger partial charge on any atom is 0.0216 e. The van der Waals surface area contributed by atoms with E-state index in [1.807, 2.05) is 0 Å². The molecule has 0 atom stereocenters. The molecule has 1 aliphatic rings. The van der Waals surface area contributed by atoms with E-state index >= 15 is 0 Å². The van der Waals surface area contributed by atoms with Crippen molar-refractivity contribution in [1.29, 1.82) is 0 Å². The summed E-state index contributed by atoms with van der Waals surface area (Å²) in [6.45, 7) is 2.27. The van der Waals surface area contributed by atoms with Crippen molar-refractivity contribution in [3.05, 3.63) is 39.4 Å². The van der Waals surface area contributed by atoms with E-state index < -0.39 is 0 Å². The highest BCUT2D eigenvalue weighted by Gasteiger charge is 2.12. The maximum absolute atomic E-state index is 3.64. The second-order valence-corrected chi connectivity index (χ2v) is 5.72. The van der Waals surface area contributed by atoms with E-state index in [4.69, 9.17) is 0 Å². The van der Waals surface area contributed by atoms with E-state index in [1.165, 1.54) is 59.7 Å². The Morgan fingerprint density at radius 2 is 1.94 bits per heavy atom. The van der Waals surface area contributed by atoms with E-state index in [2.05, 4.69) is 47.1 Å². The zero-order chi connectivity index (χ0) is 12.1. The van der Waals surface area contributed by atoms with Crippen molar-refractivity contribution in [1.82, 2.24) is 0 Å². The van der Waals surface area contributed by atoms with Crippen LogP contribution in [0.15, 0.2) is 22.7 Å². The molecule has 0 spiro atoms. The minimum absolute atomic E-state index is 1.10. The Bertz CT molecular complexity index is 404. The van der Waals surface area contributed by atoms with Gasteiger partial charge in [0.1, 0.15) is 0 Å². The van der Waals surface area contributed by atoms with Crippen LogP contribution in [0.2, 0.25) is 0 Å². The van der Waals surface area contributed by atoms with Gasteiger partial charge in [-0.25, -0.2) is 0 Å². The molecule has 17 heavy (non-hydrogen) atoms. The molecule has 0 N–H and O–H groups in total. The van der Waals surface area contributed by atoms with Crippen molar-refractivity contribution in [2.45, 2.75) is 51.9 Å². The maximum atomic E-state index is 3.64. The minimum Gasteiger partial charge on any atom is -0.0795 e. The van der Waals surface area contributed by atoms with Gasteiger partial charge in [0, 0.05) is 4.47 Å². The second kappa shape index (κ2) is 6.39. The molecule has 0 saturated carbocycles. The van der Waals surface area contributed by atoms with E-state index in [0.29, 0.717) is 0 Å². The average Bonchev–Trinajstić information content (AvgIpc) is 2.81. The lowest BCUT2D eigenvalue weighted by molar-refractivity contribution is 0.632. The van der Waals surface area contributed by atoms with Crippen LogP contribution in [-0.2, 0) is 12.8 Å². The molecule has 0 bridgehead atoms. The van der Waals surface area contributed by atoms with Gasteiger partial charge in [-0.15, -0.1) is 0 Å². The smallest absolute Gasteiger partial charge is 0.0216 e. The first-order valence-corrected chi connectivity index (χ1v) is 7.59. The van der Waals surface area contributed by atoms with E-state index in [-0.39, 0.29) is 0 Å². The van der Waals surface area contributed by atoms with Crippen LogP contribution in [0.25, 0.3) is 6.08 Å². The van der Waals surface area contributed by atoms with Crippen molar-refractivity contribution >= 4 is 22.0 Å². The van der Waals surface area contributed by atoms with Gasteiger partial charge in [-0.2, -0.15) is 0 Å². The van der Waals surface area contributed by atoms with E-state index in [0.717, 1.165) is 6.42 Å². The Balaban J connectivity index is 1.93. The average molecular weight is 293 g/mol. The monoisotopic (exact) mass is 292 g/mol. The van der Waals surface area contributed by atoms with Crippen molar-refractivity contribution in [2.75, 3.05) is 0 Å². The summed E-state index contributed by atoms with van der Waals surface area (Å²) >= 11 is 3.64. The van der Waals surface area contributed by atoms with Crippen LogP contribution in [0.1, 0.15) is 55.7 Å². The van der Waals surface area contributed by atoms with E-state index in [1.54, 1.807) is 0 Å². The summed E-state index contributed by atoms with van der Waals surface area (Å²) in [5, 5.41) is 0. The molecule has 1 aromatic rings. The first-order chi connectivity index (χ1) is 8.33. The van der Waals surface area contributed by atoms with Crippen LogP contribution < -0.4 is 0 Å². The van der Waals surface area contributed by atoms with Gasteiger partial charge >= 0.3 is 0 Å². The van der Waals surface area contributed by atoms with Gasteiger partial charge in [-0.3, -0.25) is 0 Å². The van der Waals surface area contributed by atoms with Crippen LogP contribution in [-0.4, -0.2) is 0 Å². The number of benzene rings is 1. The summed E-state index contributed by atoms with van der Waals surface area (Å²) in [7, 11) is 0. The Kier molecular flexibility index (Phi) is 4.85. The summed E-state index contributed by atoms with van der Waals surface area (Å²) in [4.78, 5) is 0. The molecule has 1 aromatic carbocycles. The van der Waals surface area contributed by atoms with Crippen molar-refractivity contribution in [3.63, 3.8) is 0 Å². The molecule has 0 unspecified atom stereocenters. The molecule has 0 aromatic heterocycles. The number of allylic oxidation sites excluding steroid dienone is 1. The molecule has 0 saturated heterocycles. The van der Waals surface area contributed by atoms with Crippen molar-refractivity contribution in [2.24, 2.45) is 0 Å². The molecule has 0 nitrogen and oxygen atoms in total. The first kappa shape index (κ1) is 12.9. The van der Waals surface area contributed by atoms with Gasteiger partial charge in [0.25, 0.3) is 0 Å². The lowest BCUT2D eigenvalue weighted by Gasteiger charge is -2.09. The first-order valence-electron chi connectivity index (χ1n) is 6.79. The molecule has 0 radical (unpaired) electrons. The molecule has 1 aliphatic carbocycles. The molecule has 92 valence electrons. The van der Waals surface area contributed by atoms with E-state index in [9.17, 15) is 0 Å². The number of rotatable bonds is 6. The van der Waals surface area contributed by atoms with Crippen LogP contribution in [0.3, 0.4) is 0 Å². The Hall–Kier alpha value is -0.560. The molecular formula is C16H21Br. The number of halogens is 1. The Labute approximate surface area is 113 Å². The van der Waals surface area contributed by atoms with Gasteiger partial charge in [0.05, 0.1) is 0 Å². The Morgan fingerprint density at radius 1 is 1.12 bits per heavy atom. The third-order valence-corrected chi connectivity index (χ3v) is 4.29. The van der Waals surface area contributed by atoms with Gasteiger partial charge < -0.3 is 0 Å². The zero-order valence-electron chi connectivity index (χ0n) is 10.6. The van der Waals surface area contributed by atoms with Gasteiger partial charge in [-0.1, -0.05) is 66.8 Å². The number of hydrogen-bond donors (Lipinski definition) is 0. The lowest BCUT2D eigenvalue weighted by Crippen LogP contribution is -1.93. The second-order valence-electron chi connectivity index (χ2n) is 4.87. The molecule has 0 fully saturated rings. The predicted molar refractivity (Wildman–Crippen MR) is 79.3 cm³/mol. The molecule has 0 heterocycles. The quantitative estimate of drug-likeness (QED) is 0.605. The molecule has 2 rings (SSSR count). The normalized spacial score (nSPS) is 13.1. The SMILES string of the molecule is CCCCCCCc1ccc(Br)c2c1C=CC2. The van der Waals surface area contributed by atoms with Crippen LogP contribution in [0.5, 0.6) is 0 Å². The van der Waals surface area contributed by atoms with Crippen LogP contribution in [0.4, 0.5) is 0 Å². The largest absolute Gasteiger partial charge is 0.0795 e. The lowest BCUT2D eigenvalue weighted by atomic mass is 9.98. The molecule has 1 heteroatoms. The summed E-state index contributed by atoms with van der Waals surface area (Å²) in [5.74, 6) is 0. The number of hydrogen-bond acceptors (Lipinski definition) is 0. The highest BCUT2D eigenvalue weighted by Crippen LogP contribution is 2.31. The van der Waals surface area contributed by atoms with Crippen molar-refractivity contribution in [3.8, 4) is 0 Å². The number of aryl methyl sites for hydroxylation is 1. The number of fused-ring (bicyclic) bond motifs is 1. The van der Waals surface area contributed by atoms with Gasteiger partial charge in [-0.05, 0) is 42.0 Å². The fourth-order valence-corrected chi connectivity index (χ4v) is 3.04. The highest BCUT2D eigenvalue weighted by molar-refractivity contribution is 9.10. The summed E-state index contributed by atoms with van der Waals surface area (Å²) in [6.07, 6.45) is 13.7. The minimum atomic E-state index is 1.10. The highest BCUT2D eigenvalue weighted by atomic mass is 79.9. The summed E-state index contributed by atoms with van der Waals surface area (Å²) in [5.41, 5.74) is 4.50.